The van der Waals surface area contributed by atoms with E-state index in [4.69, 9.17) is 0 Å². The van der Waals surface area contributed by atoms with Crippen LogP contribution in [0.4, 0.5) is 4.39 Å². The lowest BCUT2D eigenvalue weighted by Gasteiger charge is -2.09. The molecule has 1 aromatic carbocycles. The number of benzene rings is 1. The topological polar surface area (TPSA) is 76.9 Å². The van der Waals surface area contributed by atoms with E-state index in [0.717, 1.165) is 6.42 Å². The zero-order valence-electron chi connectivity index (χ0n) is 15.9. The van der Waals surface area contributed by atoms with Gasteiger partial charge in [-0.15, -0.1) is 11.3 Å². The average molecular weight is 400 g/mol. The van der Waals surface area contributed by atoms with Gasteiger partial charge in [0, 0.05) is 18.2 Å². The number of thiazole rings is 1. The molecule has 0 bridgehead atoms. The molecular formula is C20H21FN4O2S. The minimum absolute atomic E-state index is 0.109. The zero-order valence-corrected chi connectivity index (χ0v) is 16.7. The Labute approximate surface area is 166 Å². The predicted octanol–water partition coefficient (Wildman–Crippen LogP) is 3.89. The summed E-state index contributed by atoms with van der Waals surface area (Å²) in [6.45, 7) is 6.26. The van der Waals surface area contributed by atoms with Crippen molar-refractivity contribution in [2.24, 2.45) is 0 Å². The molecule has 0 spiro atoms. The third kappa shape index (κ3) is 4.17. The zero-order chi connectivity index (χ0) is 20.3. The van der Waals surface area contributed by atoms with E-state index in [1.807, 2.05) is 20.8 Å². The predicted molar refractivity (Wildman–Crippen MR) is 108 cm³/mol. The summed E-state index contributed by atoms with van der Waals surface area (Å²) in [5.74, 6) is -0.619. The quantitative estimate of drug-likeness (QED) is 0.681. The Morgan fingerprint density at radius 2 is 1.93 bits per heavy atom. The lowest BCUT2D eigenvalue weighted by Crippen LogP contribution is -2.23. The van der Waals surface area contributed by atoms with Gasteiger partial charge in [-0.2, -0.15) is 5.10 Å². The Hall–Kier alpha value is -2.87. The molecule has 0 aliphatic rings. The van der Waals surface area contributed by atoms with Crippen LogP contribution in [0.2, 0.25) is 0 Å². The third-order valence-electron chi connectivity index (χ3n) is 4.02. The maximum atomic E-state index is 13.4. The van der Waals surface area contributed by atoms with Crippen LogP contribution in [-0.2, 0) is 0 Å². The fourth-order valence-electron chi connectivity index (χ4n) is 2.62. The van der Waals surface area contributed by atoms with Gasteiger partial charge in [-0.3, -0.25) is 9.59 Å². The second kappa shape index (κ2) is 8.43. The van der Waals surface area contributed by atoms with E-state index in [9.17, 15) is 14.0 Å². The number of rotatable bonds is 6. The van der Waals surface area contributed by atoms with Crippen LogP contribution >= 0.6 is 11.3 Å². The summed E-state index contributed by atoms with van der Waals surface area (Å²) in [6.07, 6.45) is 0.815. The molecule has 0 saturated carbocycles. The summed E-state index contributed by atoms with van der Waals surface area (Å²) in [5, 5.41) is 7.56. The summed E-state index contributed by atoms with van der Waals surface area (Å²) in [4.78, 5) is 29.6. The summed E-state index contributed by atoms with van der Waals surface area (Å²) in [7, 11) is 0. The highest BCUT2D eigenvalue weighted by Gasteiger charge is 2.21. The van der Waals surface area contributed by atoms with Crippen LogP contribution in [0.25, 0.3) is 21.8 Å². The third-order valence-corrected chi connectivity index (χ3v) is 5.10. The van der Waals surface area contributed by atoms with Crippen molar-refractivity contribution in [2.75, 3.05) is 6.54 Å². The van der Waals surface area contributed by atoms with Crippen molar-refractivity contribution < 1.29 is 9.18 Å². The molecule has 6 nitrogen and oxygen atoms in total. The van der Waals surface area contributed by atoms with E-state index >= 15 is 0 Å². The maximum Gasteiger partial charge on any atom is 0.280 e. The molecule has 3 rings (SSSR count). The lowest BCUT2D eigenvalue weighted by molar-refractivity contribution is 0.0953. The van der Waals surface area contributed by atoms with Gasteiger partial charge >= 0.3 is 0 Å². The second-order valence-corrected chi connectivity index (χ2v) is 7.55. The van der Waals surface area contributed by atoms with Crippen molar-refractivity contribution in [1.29, 1.82) is 0 Å². The molecule has 8 heteroatoms. The molecule has 2 heterocycles. The molecule has 146 valence electrons. The Kier molecular flexibility index (Phi) is 5.99. The van der Waals surface area contributed by atoms with Gasteiger partial charge < -0.3 is 5.32 Å². The highest BCUT2D eigenvalue weighted by atomic mass is 32.1. The highest BCUT2D eigenvalue weighted by molar-refractivity contribution is 7.17. The van der Waals surface area contributed by atoms with Gasteiger partial charge in [0.25, 0.3) is 11.5 Å². The van der Waals surface area contributed by atoms with Crippen molar-refractivity contribution in [3.63, 3.8) is 0 Å². The molecule has 3 aromatic rings. The molecule has 0 aliphatic carbocycles. The largest absolute Gasteiger partial charge is 0.350 e. The molecule has 0 saturated heterocycles. The van der Waals surface area contributed by atoms with Crippen molar-refractivity contribution in [1.82, 2.24) is 20.1 Å². The van der Waals surface area contributed by atoms with E-state index in [2.05, 4.69) is 15.4 Å². The molecule has 2 aromatic heterocycles. The van der Waals surface area contributed by atoms with Crippen LogP contribution in [0.5, 0.6) is 0 Å². The number of halogens is 1. The van der Waals surface area contributed by atoms with E-state index in [1.54, 1.807) is 18.2 Å². The summed E-state index contributed by atoms with van der Waals surface area (Å²) < 4.78 is 14.7. The van der Waals surface area contributed by atoms with E-state index in [-0.39, 0.29) is 23.3 Å². The minimum Gasteiger partial charge on any atom is -0.350 e. The second-order valence-electron chi connectivity index (χ2n) is 6.55. The first-order valence-electron chi connectivity index (χ1n) is 9.06. The monoisotopic (exact) mass is 400 g/mol. The van der Waals surface area contributed by atoms with Crippen LogP contribution in [0, 0.1) is 5.82 Å². The number of aromatic nitrogens is 3. The number of hydrogen-bond donors (Lipinski definition) is 1. The normalized spacial score (nSPS) is 11.0. The number of hydrogen-bond acceptors (Lipinski definition) is 5. The number of nitrogens with zero attached hydrogens (tertiary/aromatic N) is 3. The number of carbonyl (C=O) groups excluding carboxylic acids is 1. The van der Waals surface area contributed by atoms with E-state index < -0.39 is 0 Å². The molecular weight excluding hydrogens is 379 g/mol. The first-order chi connectivity index (χ1) is 13.4. The molecule has 28 heavy (non-hydrogen) atoms. The Morgan fingerprint density at radius 1 is 1.21 bits per heavy atom. The van der Waals surface area contributed by atoms with Gasteiger partial charge in [0.05, 0.1) is 16.6 Å². The smallest absolute Gasteiger partial charge is 0.280 e. The first kappa shape index (κ1) is 19.9. The molecule has 0 aliphatic heterocycles. The lowest BCUT2D eigenvalue weighted by atomic mass is 10.1. The van der Waals surface area contributed by atoms with Gasteiger partial charge in [-0.1, -0.05) is 6.92 Å². The Balaban J connectivity index is 2.14. The van der Waals surface area contributed by atoms with Gasteiger partial charge in [0.1, 0.15) is 11.5 Å². The van der Waals surface area contributed by atoms with Gasteiger partial charge in [-0.25, -0.2) is 14.1 Å². The maximum absolute atomic E-state index is 13.4. The molecule has 0 radical (unpaired) electrons. The molecule has 0 unspecified atom stereocenters. The number of carbonyl (C=O) groups is 1. The standard InChI is InChI=1S/C20H21FN4O2S/c1-4-11-22-19(27)20-23-17(13-5-7-14(21)8-6-13)18(28-20)15-9-10-16(26)25(24-15)12(2)3/h5-10,12H,4,11H2,1-3H3,(H,22,27). The molecule has 0 fully saturated rings. The Bertz CT molecular complexity index is 1040. The molecule has 0 atom stereocenters. The summed E-state index contributed by atoms with van der Waals surface area (Å²) >= 11 is 1.20. The number of nitrogens with one attached hydrogen (secondary N) is 1. The Morgan fingerprint density at radius 3 is 2.57 bits per heavy atom. The first-order valence-corrected chi connectivity index (χ1v) is 9.87. The van der Waals surface area contributed by atoms with Crippen LogP contribution in [0.3, 0.4) is 0 Å². The van der Waals surface area contributed by atoms with Gasteiger partial charge in [-0.05, 0) is 50.6 Å². The fraction of sp³-hybridized carbons (Fsp3) is 0.300. The van der Waals surface area contributed by atoms with Crippen molar-refractivity contribution >= 4 is 17.2 Å². The van der Waals surface area contributed by atoms with Crippen molar-refractivity contribution in [2.45, 2.75) is 33.2 Å². The van der Waals surface area contributed by atoms with Crippen molar-refractivity contribution in [3.8, 4) is 21.8 Å². The number of amides is 1. The van der Waals surface area contributed by atoms with Gasteiger partial charge in [0.15, 0.2) is 5.01 Å². The minimum atomic E-state index is -0.354. The van der Waals surface area contributed by atoms with Crippen LogP contribution in [0.1, 0.15) is 43.0 Å². The molecule has 1 N–H and O–H groups in total. The summed E-state index contributed by atoms with van der Waals surface area (Å²) in [5.41, 5.74) is 1.55. The molecule has 1 amide bonds. The average Bonchev–Trinajstić information content (AvgIpc) is 3.12. The van der Waals surface area contributed by atoms with Crippen molar-refractivity contribution in [3.05, 3.63) is 57.6 Å². The fourth-order valence-corrected chi connectivity index (χ4v) is 3.59. The van der Waals surface area contributed by atoms with Crippen LogP contribution in [0.15, 0.2) is 41.2 Å². The van der Waals surface area contributed by atoms with E-state index in [1.165, 1.54) is 34.2 Å². The summed E-state index contributed by atoms with van der Waals surface area (Å²) in [6, 6.07) is 8.88. The van der Waals surface area contributed by atoms with Crippen LogP contribution < -0.4 is 10.9 Å². The van der Waals surface area contributed by atoms with Gasteiger partial charge in [0.2, 0.25) is 0 Å². The van der Waals surface area contributed by atoms with Crippen LogP contribution in [-0.4, -0.2) is 27.2 Å². The van der Waals surface area contributed by atoms with E-state index in [0.29, 0.717) is 33.4 Å². The highest BCUT2D eigenvalue weighted by Crippen LogP contribution is 2.35. The SMILES string of the molecule is CCCNC(=O)c1nc(-c2ccc(F)cc2)c(-c2ccc(=O)n(C(C)C)n2)s1.